The summed E-state index contributed by atoms with van der Waals surface area (Å²) in [6.07, 6.45) is 0.955. The average molecular weight is 242 g/mol. The van der Waals surface area contributed by atoms with E-state index in [1.54, 1.807) is 6.92 Å². The molecule has 0 aromatic carbocycles. The van der Waals surface area contributed by atoms with Crippen molar-refractivity contribution in [1.82, 2.24) is 15.3 Å². The van der Waals surface area contributed by atoms with E-state index in [9.17, 15) is 14.0 Å². The van der Waals surface area contributed by atoms with E-state index in [0.717, 1.165) is 13.4 Å². The first-order valence-corrected chi connectivity index (χ1v) is 4.73. The molecule has 0 spiro atoms. The van der Waals surface area contributed by atoms with E-state index in [1.165, 1.54) is 0 Å². The number of halogens is 1. The summed E-state index contributed by atoms with van der Waals surface area (Å²) in [5.74, 6) is -2.36. The fourth-order valence-corrected chi connectivity index (χ4v) is 1.01. The highest BCUT2D eigenvalue weighted by molar-refractivity contribution is 5.91. The lowest BCUT2D eigenvalue weighted by Crippen LogP contribution is -2.29. The predicted octanol–water partition coefficient (Wildman–Crippen LogP) is 0.544. The predicted molar refractivity (Wildman–Crippen MR) is 56.0 cm³/mol. The van der Waals surface area contributed by atoms with Gasteiger partial charge in [-0.1, -0.05) is 0 Å². The summed E-state index contributed by atoms with van der Waals surface area (Å²) in [6.45, 7) is 2.08. The van der Waals surface area contributed by atoms with Crippen molar-refractivity contribution in [3.05, 3.63) is 17.8 Å². The Hall–Kier alpha value is -2.25. The number of aromatic nitrogens is 2. The molecule has 0 saturated heterocycles. The molecule has 1 aromatic rings. The van der Waals surface area contributed by atoms with Crippen molar-refractivity contribution in [3.8, 4) is 0 Å². The van der Waals surface area contributed by atoms with Crippen LogP contribution < -0.4 is 10.6 Å². The zero-order valence-corrected chi connectivity index (χ0v) is 9.28. The van der Waals surface area contributed by atoms with Gasteiger partial charge in [-0.2, -0.15) is 0 Å². The maximum absolute atomic E-state index is 13.6. The molecule has 2 N–H and O–H groups in total. The highest BCUT2D eigenvalue weighted by Gasteiger charge is 2.19. The third kappa shape index (κ3) is 3.10. The minimum atomic E-state index is -1.04. The van der Waals surface area contributed by atoms with Crippen molar-refractivity contribution in [2.75, 3.05) is 19.0 Å². The second-order valence-corrected chi connectivity index (χ2v) is 2.86. The molecule has 0 aliphatic heterocycles. The van der Waals surface area contributed by atoms with Gasteiger partial charge in [0.05, 0.1) is 7.11 Å². The molecule has 0 aliphatic rings. The molecule has 0 unspecified atom stereocenters. The lowest BCUT2D eigenvalue weighted by atomic mass is 10.3. The number of urea groups is 1. The van der Waals surface area contributed by atoms with Crippen LogP contribution in [-0.2, 0) is 4.74 Å². The Morgan fingerprint density at radius 2 is 2.18 bits per heavy atom. The number of methoxy groups -OCH3 is 1. The maximum atomic E-state index is 13.6. The van der Waals surface area contributed by atoms with E-state index in [1.807, 2.05) is 0 Å². The summed E-state index contributed by atoms with van der Waals surface area (Å²) in [5.41, 5.74) is -0.533. The maximum Gasteiger partial charge on any atom is 0.359 e. The largest absolute Gasteiger partial charge is 0.464 e. The number of hydrogen-bond donors (Lipinski definition) is 2. The molecule has 0 saturated carbocycles. The van der Waals surface area contributed by atoms with E-state index in [2.05, 4.69) is 25.3 Å². The molecule has 0 aliphatic carbocycles. The number of amides is 2. The van der Waals surface area contributed by atoms with Crippen LogP contribution >= 0.6 is 0 Å². The van der Waals surface area contributed by atoms with Crippen molar-refractivity contribution in [1.29, 1.82) is 0 Å². The molecule has 92 valence electrons. The van der Waals surface area contributed by atoms with Crippen LogP contribution in [0.2, 0.25) is 0 Å². The summed E-state index contributed by atoms with van der Waals surface area (Å²) in [6, 6.07) is -0.624. The third-order valence-corrected chi connectivity index (χ3v) is 1.74. The summed E-state index contributed by atoms with van der Waals surface area (Å²) in [5, 5.41) is 4.54. The van der Waals surface area contributed by atoms with Crippen LogP contribution in [0, 0.1) is 5.82 Å². The van der Waals surface area contributed by atoms with Crippen molar-refractivity contribution in [2.45, 2.75) is 6.92 Å². The number of ether oxygens (including phenoxy) is 1. The molecule has 0 atom stereocenters. The van der Waals surface area contributed by atoms with Crippen molar-refractivity contribution in [3.63, 3.8) is 0 Å². The molecule has 1 heterocycles. The smallest absolute Gasteiger partial charge is 0.359 e. The first-order valence-electron chi connectivity index (χ1n) is 4.73. The van der Waals surface area contributed by atoms with E-state index < -0.39 is 23.5 Å². The van der Waals surface area contributed by atoms with Gasteiger partial charge in [-0.05, 0) is 6.92 Å². The average Bonchev–Trinajstić information content (AvgIpc) is 2.31. The second kappa shape index (κ2) is 5.73. The Balaban J connectivity index is 2.94. The Labute approximate surface area is 96.4 Å². The standard InChI is InChI=1S/C9H11FN4O3/c1-3-11-9(16)14-7-5(10)6(8(15)17-2)12-4-13-7/h4H,3H2,1-2H3,(H2,11,12,13,14,16). The minimum absolute atomic E-state index is 0.377. The Bertz CT molecular complexity index is 438. The van der Waals surface area contributed by atoms with Gasteiger partial charge >= 0.3 is 12.0 Å². The van der Waals surface area contributed by atoms with Gasteiger partial charge < -0.3 is 10.1 Å². The van der Waals surface area contributed by atoms with Gasteiger partial charge in [0.1, 0.15) is 6.33 Å². The van der Waals surface area contributed by atoms with E-state index >= 15 is 0 Å². The van der Waals surface area contributed by atoms with Gasteiger partial charge in [0, 0.05) is 6.54 Å². The molecule has 1 rings (SSSR count). The Morgan fingerprint density at radius 1 is 1.47 bits per heavy atom. The van der Waals surface area contributed by atoms with Crippen LogP contribution in [0.15, 0.2) is 6.33 Å². The van der Waals surface area contributed by atoms with E-state index in [4.69, 9.17) is 0 Å². The third-order valence-electron chi connectivity index (χ3n) is 1.74. The van der Waals surface area contributed by atoms with Gasteiger partial charge in [-0.15, -0.1) is 0 Å². The van der Waals surface area contributed by atoms with E-state index in [-0.39, 0.29) is 5.82 Å². The van der Waals surface area contributed by atoms with Crippen LogP contribution in [0.3, 0.4) is 0 Å². The SMILES string of the molecule is CCNC(=O)Nc1ncnc(C(=O)OC)c1F. The highest BCUT2D eigenvalue weighted by Crippen LogP contribution is 2.13. The highest BCUT2D eigenvalue weighted by atomic mass is 19.1. The van der Waals surface area contributed by atoms with Crippen molar-refractivity contribution >= 4 is 17.8 Å². The van der Waals surface area contributed by atoms with Crippen molar-refractivity contribution < 1.29 is 18.7 Å². The molecular weight excluding hydrogens is 231 g/mol. The monoisotopic (exact) mass is 242 g/mol. The lowest BCUT2D eigenvalue weighted by Gasteiger charge is -2.07. The normalized spacial score (nSPS) is 9.59. The number of hydrogen-bond acceptors (Lipinski definition) is 5. The molecule has 7 nitrogen and oxygen atoms in total. The molecule has 1 aromatic heterocycles. The molecule has 17 heavy (non-hydrogen) atoms. The van der Waals surface area contributed by atoms with Crippen molar-refractivity contribution in [2.24, 2.45) is 0 Å². The Morgan fingerprint density at radius 3 is 2.76 bits per heavy atom. The fourth-order valence-electron chi connectivity index (χ4n) is 1.01. The summed E-state index contributed by atoms with van der Waals surface area (Å²) in [7, 11) is 1.10. The number of anilines is 1. The first-order chi connectivity index (χ1) is 8.10. The lowest BCUT2D eigenvalue weighted by molar-refractivity contribution is 0.0588. The van der Waals surface area contributed by atoms with Crippen LogP contribution in [-0.4, -0.2) is 35.6 Å². The topological polar surface area (TPSA) is 93.2 Å². The second-order valence-electron chi connectivity index (χ2n) is 2.86. The number of nitrogens with zero attached hydrogens (tertiary/aromatic N) is 2. The molecule has 0 radical (unpaired) electrons. The zero-order valence-electron chi connectivity index (χ0n) is 9.28. The fraction of sp³-hybridized carbons (Fsp3) is 0.333. The number of carbonyl (C=O) groups is 2. The van der Waals surface area contributed by atoms with Gasteiger partial charge in [-0.3, -0.25) is 5.32 Å². The van der Waals surface area contributed by atoms with Gasteiger partial charge in [0.2, 0.25) is 0 Å². The van der Waals surface area contributed by atoms with Crippen LogP contribution in [0.25, 0.3) is 0 Å². The van der Waals surface area contributed by atoms with E-state index in [0.29, 0.717) is 6.54 Å². The summed E-state index contributed by atoms with van der Waals surface area (Å²) < 4.78 is 18.0. The number of nitrogens with one attached hydrogen (secondary N) is 2. The van der Waals surface area contributed by atoms with Gasteiger partial charge in [-0.25, -0.2) is 23.9 Å². The quantitative estimate of drug-likeness (QED) is 0.755. The molecule has 0 fully saturated rings. The minimum Gasteiger partial charge on any atom is -0.464 e. The summed E-state index contributed by atoms with van der Waals surface area (Å²) >= 11 is 0. The molecule has 2 amide bonds. The van der Waals surface area contributed by atoms with Crippen LogP contribution in [0.5, 0.6) is 0 Å². The Kier molecular flexibility index (Phi) is 4.32. The number of rotatable bonds is 3. The molecule has 8 heteroatoms. The van der Waals surface area contributed by atoms with Gasteiger partial charge in [0.15, 0.2) is 17.3 Å². The molecule has 0 bridgehead atoms. The zero-order chi connectivity index (χ0) is 12.8. The van der Waals surface area contributed by atoms with Crippen LogP contribution in [0.4, 0.5) is 15.0 Å². The summed E-state index contributed by atoms with van der Waals surface area (Å²) in [4.78, 5) is 29.2. The van der Waals surface area contributed by atoms with Gasteiger partial charge in [0.25, 0.3) is 0 Å². The van der Waals surface area contributed by atoms with Crippen LogP contribution in [0.1, 0.15) is 17.4 Å². The number of esters is 1. The first kappa shape index (κ1) is 12.8. The molecular formula is C9H11FN4O3. The number of carbonyl (C=O) groups excluding carboxylic acids is 2.